The SMILES string of the molecule is COc1ccc(N2CCN(CCO)CC2Cc2ccccc2)cc1OC1CCCC1. The van der Waals surface area contributed by atoms with E-state index in [4.69, 9.17) is 9.47 Å². The van der Waals surface area contributed by atoms with Crippen molar-refractivity contribution >= 4 is 5.69 Å². The molecule has 1 unspecified atom stereocenters. The van der Waals surface area contributed by atoms with Gasteiger partial charge in [0.15, 0.2) is 11.5 Å². The molecule has 30 heavy (non-hydrogen) atoms. The number of benzene rings is 2. The number of methoxy groups -OCH3 is 1. The molecule has 0 radical (unpaired) electrons. The number of nitrogens with zero attached hydrogens (tertiary/aromatic N) is 2. The highest BCUT2D eigenvalue weighted by atomic mass is 16.5. The molecule has 5 heteroatoms. The summed E-state index contributed by atoms with van der Waals surface area (Å²) < 4.78 is 11.9. The van der Waals surface area contributed by atoms with E-state index in [9.17, 15) is 5.11 Å². The van der Waals surface area contributed by atoms with Crippen LogP contribution in [-0.2, 0) is 6.42 Å². The molecule has 1 aliphatic heterocycles. The number of piperazine rings is 1. The number of hydrogen-bond donors (Lipinski definition) is 1. The first kappa shape index (κ1) is 21.0. The minimum Gasteiger partial charge on any atom is -0.493 e. The Bertz CT molecular complexity index is 792. The molecular formula is C25H34N2O3. The Morgan fingerprint density at radius 2 is 1.80 bits per heavy atom. The van der Waals surface area contributed by atoms with E-state index in [1.165, 1.54) is 24.1 Å². The van der Waals surface area contributed by atoms with Crippen LogP contribution in [0.15, 0.2) is 48.5 Å². The van der Waals surface area contributed by atoms with Gasteiger partial charge in [0, 0.05) is 44.0 Å². The number of aliphatic hydroxyl groups is 1. The fraction of sp³-hybridized carbons (Fsp3) is 0.520. The van der Waals surface area contributed by atoms with Gasteiger partial charge in [-0.05, 0) is 49.8 Å². The third kappa shape index (κ3) is 5.08. The average Bonchev–Trinajstić information content (AvgIpc) is 3.28. The van der Waals surface area contributed by atoms with Gasteiger partial charge in [-0.3, -0.25) is 4.90 Å². The van der Waals surface area contributed by atoms with Crippen molar-refractivity contribution in [3.63, 3.8) is 0 Å². The van der Waals surface area contributed by atoms with Crippen LogP contribution in [0.5, 0.6) is 11.5 Å². The van der Waals surface area contributed by atoms with Crippen molar-refractivity contribution in [3.05, 3.63) is 54.1 Å². The largest absolute Gasteiger partial charge is 0.493 e. The van der Waals surface area contributed by atoms with Crippen LogP contribution < -0.4 is 14.4 Å². The summed E-state index contributed by atoms with van der Waals surface area (Å²) in [4.78, 5) is 4.87. The molecule has 0 amide bonds. The van der Waals surface area contributed by atoms with Gasteiger partial charge in [-0.1, -0.05) is 30.3 Å². The number of aliphatic hydroxyl groups excluding tert-OH is 1. The van der Waals surface area contributed by atoms with E-state index in [1.54, 1.807) is 7.11 Å². The Morgan fingerprint density at radius 3 is 2.53 bits per heavy atom. The lowest BCUT2D eigenvalue weighted by molar-refractivity contribution is 0.170. The second-order valence-corrected chi connectivity index (χ2v) is 8.42. The fourth-order valence-electron chi connectivity index (χ4n) is 4.79. The van der Waals surface area contributed by atoms with E-state index >= 15 is 0 Å². The second-order valence-electron chi connectivity index (χ2n) is 8.42. The van der Waals surface area contributed by atoms with Gasteiger partial charge in [0.2, 0.25) is 0 Å². The van der Waals surface area contributed by atoms with E-state index in [-0.39, 0.29) is 6.61 Å². The molecule has 5 nitrogen and oxygen atoms in total. The van der Waals surface area contributed by atoms with E-state index in [0.29, 0.717) is 12.1 Å². The first-order valence-electron chi connectivity index (χ1n) is 11.3. The summed E-state index contributed by atoms with van der Waals surface area (Å²) >= 11 is 0. The van der Waals surface area contributed by atoms with Gasteiger partial charge in [0.25, 0.3) is 0 Å². The Labute approximate surface area is 180 Å². The van der Waals surface area contributed by atoms with Gasteiger partial charge >= 0.3 is 0 Å². The summed E-state index contributed by atoms with van der Waals surface area (Å²) in [5, 5.41) is 9.42. The summed E-state index contributed by atoms with van der Waals surface area (Å²) in [6.45, 7) is 3.78. The van der Waals surface area contributed by atoms with Crippen LogP contribution in [0.4, 0.5) is 5.69 Å². The maximum absolute atomic E-state index is 9.42. The highest BCUT2D eigenvalue weighted by Crippen LogP contribution is 2.36. The Kier molecular flexibility index (Phi) is 7.13. The zero-order valence-electron chi connectivity index (χ0n) is 18.0. The van der Waals surface area contributed by atoms with Crippen LogP contribution in [0, 0.1) is 0 Å². The molecule has 2 aromatic rings. The topological polar surface area (TPSA) is 45.2 Å². The number of ether oxygens (including phenoxy) is 2. The molecule has 2 fully saturated rings. The van der Waals surface area contributed by atoms with Crippen LogP contribution in [0.25, 0.3) is 0 Å². The zero-order valence-corrected chi connectivity index (χ0v) is 18.0. The maximum Gasteiger partial charge on any atom is 0.163 e. The molecule has 4 rings (SSSR count). The fourth-order valence-corrected chi connectivity index (χ4v) is 4.79. The molecule has 0 bridgehead atoms. The van der Waals surface area contributed by atoms with Gasteiger partial charge in [-0.15, -0.1) is 0 Å². The minimum absolute atomic E-state index is 0.208. The van der Waals surface area contributed by atoms with Crippen LogP contribution in [0.3, 0.4) is 0 Å². The van der Waals surface area contributed by atoms with E-state index < -0.39 is 0 Å². The lowest BCUT2D eigenvalue weighted by Crippen LogP contribution is -2.54. The van der Waals surface area contributed by atoms with Gasteiger partial charge in [0.05, 0.1) is 19.8 Å². The zero-order chi connectivity index (χ0) is 20.8. The highest BCUT2D eigenvalue weighted by molar-refractivity contribution is 5.57. The summed E-state index contributed by atoms with van der Waals surface area (Å²) in [6, 6.07) is 17.4. The number of β-amino-alcohol motifs (C(OH)–C–C–N with tert-alkyl or cyclic N) is 1. The van der Waals surface area contributed by atoms with Crippen molar-refractivity contribution in [2.24, 2.45) is 0 Å². The Balaban J connectivity index is 1.57. The lowest BCUT2D eigenvalue weighted by atomic mass is 10.0. The highest BCUT2D eigenvalue weighted by Gasteiger charge is 2.28. The molecule has 1 saturated carbocycles. The van der Waals surface area contributed by atoms with E-state index in [1.807, 2.05) is 6.07 Å². The quantitative estimate of drug-likeness (QED) is 0.718. The predicted octanol–water partition coefficient (Wildman–Crippen LogP) is 3.74. The molecule has 162 valence electrons. The summed E-state index contributed by atoms with van der Waals surface area (Å²) in [5.41, 5.74) is 2.53. The first-order valence-corrected chi connectivity index (χ1v) is 11.3. The second kappa shape index (κ2) is 10.2. The minimum atomic E-state index is 0.208. The van der Waals surface area contributed by atoms with Gasteiger partial charge < -0.3 is 19.5 Å². The van der Waals surface area contributed by atoms with Gasteiger partial charge in [-0.2, -0.15) is 0 Å². The number of rotatable bonds is 8. The van der Waals surface area contributed by atoms with Crippen molar-refractivity contribution in [2.75, 3.05) is 44.8 Å². The van der Waals surface area contributed by atoms with Crippen LogP contribution in [0.1, 0.15) is 31.2 Å². The molecule has 0 aromatic heterocycles. The van der Waals surface area contributed by atoms with Crippen molar-refractivity contribution in [2.45, 2.75) is 44.2 Å². The number of hydrogen-bond acceptors (Lipinski definition) is 5. The first-order chi connectivity index (χ1) is 14.8. The third-order valence-electron chi connectivity index (χ3n) is 6.37. The molecule has 2 aromatic carbocycles. The molecule has 1 saturated heterocycles. The molecule has 1 atom stereocenters. The standard InChI is InChI=1S/C25H34N2O3/c1-29-24-12-11-21(18-25(24)30-23-9-5-6-10-23)27-14-13-26(15-16-28)19-22(27)17-20-7-3-2-4-8-20/h2-4,7-8,11-12,18,22-23,28H,5-6,9-10,13-17,19H2,1H3. The predicted molar refractivity (Wildman–Crippen MR) is 121 cm³/mol. The molecule has 1 N–H and O–H groups in total. The van der Waals surface area contributed by atoms with Crippen LogP contribution in [0.2, 0.25) is 0 Å². The molecule has 0 spiro atoms. The van der Waals surface area contributed by atoms with E-state index in [0.717, 1.165) is 56.9 Å². The van der Waals surface area contributed by atoms with Gasteiger partial charge in [-0.25, -0.2) is 0 Å². The third-order valence-corrected chi connectivity index (χ3v) is 6.37. The van der Waals surface area contributed by atoms with Crippen molar-refractivity contribution in [1.29, 1.82) is 0 Å². The van der Waals surface area contributed by atoms with E-state index in [2.05, 4.69) is 52.3 Å². The maximum atomic E-state index is 9.42. The summed E-state index contributed by atoms with van der Waals surface area (Å²) in [5.74, 6) is 1.67. The lowest BCUT2D eigenvalue weighted by Gasteiger charge is -2.43. The molecule has 1 aliphatic carbocycles. The molecular weight excluding hydrogens is 376 g/mol. The van der Waals surface area contributed by atoms with Crippen molar-refractivity contribution in [1.82, 2.24) is 4.90 Å². The average molecular weight is 411 g/mol. The van der Waals surface area contributed by atoms with Crippen molar-refractivity contribution in [3.8, 4) is 11.5 Å². The normalized spacial score (nSPS) is 20.5. The van der Waals surface area contributed by atoms with Crippen LogP contribution in [-0.4, -0.2) is 62.0 Å². The van der Waals surface area contributed by atoms with Crippen molar-refractivity contribution < 1.29 is 14.6 Å². The molecule has 2 aliphatic rings. The summed E-state index contributed by atoms with van der Waals surface area (Å²) in [7, 11) is 1.71. The van der Waals surface area contributed by atoms with Gasteiger partial charge in [0.1, 0.15) is 0 Å². The molecule has 1 heterocycles. The smallest absolute Gasteiger partial charge is 0.163 e. The Morgan fingerprint density at radius 1 is 1.00 bits per heavy atom. The monoisotopic (exact) mass is 410 g/mol. The Hall–Kier alpha value is -2.24. The van der Waals surface area contributed by atoms with Crippen LogP contribution >= 0.6 is 0 Å². The summed E-state index contributed by atoms with van der Waals surface area (Å²) in [6.07, 6.45) is 6.04. The number of anilines is 1.